The van der Waals surface area contributed by atoms with Gasteiger partial charge in [-0.2, -0.15) is 5.26 Å². The number of likely N-dealkylation sites (tertiary alicyclic amines) is 1. The molecule has 0 aliphatic carbocycles. The third kappa shape index (κ3) is 11.1. The molecule has 2 aromatic carbocycles. The Morgan fingerprint density at radius 3 is 2.28 bits per heavy atom. The van der Waals surface area contributed by atoms with Gasteiger partial charge in [0.15, 0.2) is 0 Å². The third-order valence-corrected chi connectivity index (χ3v) is 11.0. The lowest BCUT2D eigenvalue weighted by atomic mass is 10.0. The number of aromatic amines is 1. The number of hydrogen-bond donors (Lipinski definition) is 3. The topological polar surface area (TPSA) is 195 Å². The number of anilines is 2. The molecule has 0 radical (unpaired) electrons. The highest BCUT2D eigenvalue weighted by Gasteiger charge is 2.42. The molecule has 4 unspecified atom stereocenters. The molecule has 2 fully saturated rings. The number of nitriles is 1. The number of alkyl halides is 3. The molecule has 64 heavy (non-hydrogen) atoms. The fourth-order valence-electron chi connectivity index (χ4n) is 7.55. The van der Waals surface area contributed by atoms with E-state index in [1.807, 2.05) is 11.8 Å². The van der Waals surface area contributed by atoms with Crippen LogP contribution in [0.4, 0.5) is 34.3 Å². The van der Waals surface area contributed by atoms with Crippen LogP contribution >= 0.6 is 11.6 Å². The Labute approximate surface area is 373 Å². The number of pyridine rings is 1. The molecule has 4 atom stereocenters. The van der Waals surface area contributed by atoms with Gasteiger partial charge in [0.25, 0.3) is 5.91 Å². The zero-order valence-electron chi connectivity index (χ0n) is 36.2. The molecule has 0 spiro atoms. The molecular weight excluding hydrogens is 859 g/mol. The Kier molecular flexibility index (Phi) is 14.0. The highest BCUT2D eigenvalue weighted by Crippen LogP contribution is 2.41. The van der Waals surface area contributed by atoms with Crippen molar-refractivity contribution < 1.29 is 46.6 Å². The van der Waals surface area contributed by atoms with E-state index in [4.69, 9.17) is 21.1 Å². The van der Waals surface area contributed by atoms with Crippen LogP contribution in [0.3, 0.4) is 0 Å². The Bertz CT molecular complexity index is 2400. The summed E-state index contributed by atoms with van der Waals surface area (Å²) in [5.74, 6) is -1.47. The number of alkyl carbamates (subject to hydrolysis) is 1. The molecule has 3 N–H and O–H groups in total. The van der Waals surface area contributed by atoms with Gasteiger partial charge < -0.3 is 44.5 Å². The van der Waals surface area contributed by atoms with Crippen LogP contribution < -0.4 is 20.3 Å². The lowest BCUT2D eigenvalue weighted by Gasteiger charge is -2.40. The molecule has 6 rings (SSSR count). The van der Waals surface area contributed by atoms with Gasteiger partial charge in [-0.15, -0.1) is 13.2 Å². The number of rotatable bonds is 10. The number of carbonyl (C=O) groups is 4. The van der Waals surface area contributed by atoms with Crippen molar-refractivity contribution in [2.24, 2.45) is 11.8 Å². The van der Waals surface area contributed by atoms with Crippen LogP contribution in [0.25, 0.3) is 22.4 Å². The van der Waals surface area contributed by atoms with E-state index in [2.05, 4.69) is 36.4 Å². The quantitative estimate of drug-likeness (QED) is 0.139. The standard InChI is InChI=1S/C44H49ClF3N9O7/c1-24(2)37(54-41(60)62-7)40(59)57-23-26(19-49)16-34(57)38-51-21-33(52-38)28-10-8-27(9-11-28)30-17-31(45)32(18-35(30)63-44(46,47)48)53-39(58)29-12-13-36(50-20-29)56-15-14-55(22-25(56)3)42(61)64-43(4,5)6/h8-13,17-18,20-21,24-26,34,37H,14-16,22-23H2,1-7H3,(H,51,52)(H,53,58)(H,54,60). The molecule has 0 bridgehead atoms. The maximum absolute atomic E-state index is 13.8. The summed E-state index contributed by atoms with van der Waals surface area (Å²) in [5.41, 5.74) is 0.799. The number of piperazine rings is 1. The highest BCUT2D eigenvalue weighted by molar-refractivity contribution is 6.34. The van der Waals surface area contributed by atoms with Gasteiger partial charge in [-0.1, -0.05) is 49.7 Å². The smallest absolute Gasteiger partial charge is 0.453 e. The number of methoxy groups -OCH3 is 1. The molecule has 2 aliphatic heterocycles. The van der Waals surface area contributed by atoms with Crippen molar-refractivity contribution in [2.45, 2.75) is 78.1 Å². The van der Waals surface area contributed by atoms with Crippen molar-refractivity contribution in [2.75, 3.05) is 43.5 Å². The average molecular weight is 908 g/mol. The number of amides is 4. The molecule has 2 aromatic heterocycles. The molecule has 4 amide bonds. The van der Waals surface area contributed by atoms with E-state index in [-0.39, 0.29) is 40.3 Å². The fourth-order valence-corrected chi connectivity index (χ4v) is 7.76. The molecule has 4 aromatic rings. The molecule has 16 nitrogen and oxygen atoms in total. The predicted molar refractivity (Wildman–Crippen MR) is 230 cm³/mol. The second-order valence-electron chi connectivity index (χ2n) is 16.9. The number of nitrogens with one attached hydrogen (secondary N) is 3. The van der Waals surface area contributed by atoms with Gasteiger partial charge in [0.1, 0.15) is 29.0 Å². The van der Waals surface area contributed by atoms with Crippen molar-refractivity contribution in [3.05, 3.63) is 77.3 Å². The predicted octanol–water partition coefficient (Wildman–Crippen LogP) is 8.18. The van der Waals surface area contributed by atoms with Gasteiger partial charge >= 0.3 is 18.5 Å². The number of nitrogens with zero attached hydrogens (tertiary/aromatic N) is 6. The summed E-state index contributed by atoms with van der Waals surface area (Å²) in [4.78, 5) is 69.0. The molecule has 2 saturated heterocycles. The van der Waals surface area contributed by atoms with Crippen molar-refractivity contribution >= 4 is 47.1 Å². The number of imidazole rings is 1. The number of H-pyrrole nitrogens is 1. The minimum atomic E-state index is -5.09. The summed E-state index contributed by atoms with van der Waals surface area (Å²) in [6.07, 6.45) is -3.06. The van der Waals surface area contributed by atoms with E-state index in [1.54, 1.807) is 76.0 Å². The number of hydrogen-bond acceptors (Lipinski definition) is 11. The summed E-state index contributed by atoms with van der Waals surface area (Å²) in [6, 6.07) is 12.5. The van der Waals surface area contributed by atoms with E-state index >= 15 is 0 Å². The minimum absolute atomic E-state index is 0.00740. The Hall–Kier alpha value is -6.55. The van der Waals surface area contributed by atoms with Crippen LogP contribution in [0, 0.1) is 23.2 Å². The Morgan fingerprint density at radius 2 is 1.69 bits per heavy atom. The fraction of sp³-hybridized carbons (Fsp3) is 0.432. The number of benzene rings is 2. The lowest BCUT2D eigenvalue weighted by molar-refractivity contribution is -0.274. The van der Waals surface area contributed by atoms with Crippen LogP contribution in [-0.4, -0.2) is 106 Å². The Balaban J connectivity index is 1.17. The highest BCUT2D eigenvalue weighted by atomic mass is 35.5. The monoisotopic (exact) mass is 907 g/mol. The van der Waals surface area contributed by atoms with E-state index in [0.717, 1.165) is 6.07 Å². The first-order chi connectivity index (χ1) is 30.1. The first kappa shape index (κ1) is 46.9. The van der Waals surface area contributed by atoms with Gasteiger partial charge in [0, 0.05) is 50.0 Å². The number of ether oxygens (including phenoxy) is 3. The number of aromatic nitrogens is 3. The normalized spacial score (nSPS) is 18.3. The zero-order chi connectivity index (χ0) is 46.7. The maximum atomic E-state index is 13.8. The van der Waals surface area contributed by atoms with Gasteiger partial charge in [0.05, 0.1) is 53.3 Å². The average Bonchev–Trinajstić information content (AvgIpc) is 3.91. The van der Waals surface area contributed by atoms with Crippen molar-refractivity contribution in [1.29, 1.82) is 5.26 Å². The summed E-state index contributed by atoms with van der Waals surface area (Å²) >= 11 is 6.58. The van der Waals surface area contributed by atoms with E-state index in [0.29, 0.717) is 54.5 Å². The van der Waals surface area contributed by atoms with Crippen LogP contribution in [0.2, 0.25) is 5.02 Å². The molecule has 4 heterocycles. The molecule has 2 aliphatic rings. The van der Waals surface area contributed by atoms with Crippen molar-refractivity contribution in [1.82, 2.24) is 30.1 Å². The number of halogens is 4. The minimum Gasteiger partial charge on any atom is -0.453 e. The largest absolute Gasteiger partial charge is 0.573 e. The van der Waals surface area contributed by atoms with E-state index < -0.39 is 59.7 Å². The summed E-state index contributed by atoms with van der Waals surface area (Å²) < 4.78 is 56.0. The van der Waals surface area contributed by atoms with Gasteiger partial charge in [0.2, 0.25) is 5.91 Å². The van der Waals surface area contributed by atoms with E-state index in [9.17, 15) is 37.6 Å². The summed E-state index contributed by atoms with van der Waals surface area (Å²) in [5, 5.41) is 14.8. The lowest BCUT2D eigenvalue weighted by Crippen LogP contribution is -2.54. The van der Waals surface area contributed by atoms with Crippen LogP contribution in [0.15, 0.2) is 60.9 Å². The summed E-state index contributed by atoms with van der Waals surface area (Å²) in [6.45, 7) is 12.3. The molecule has 0 saturated carbocycles. The SMILES string of the molecule is COC(=O)NC(C(=O)N1CC(C#N)CC1c1ncc(-c2ccc(-c3cc(Cl)c(NC(=O)c4ccc(N5CCN(C(=O)OC(C)(C)C)CC5C)nc4)cc3OC(F)(F)F)cc2)[nH]1)C(C)C. The zero-order valence-corrected chi connectivity index (χ0v) is 37.0. The van der Waals surface area contributed by atoms with Gasteiger partial charge in [-0.3, -0.25) is 9.59 Å². The van der Waals surface area contributed by atoms with Gasteiger partial charge in [-0.05, 0) is 69.4 Å². The third-order valence-electron chi connectivity index (χ3n) is 10.7. The summed E-state index contributed by atoms with van der Waals surface area (Å²) in [7, 11) is 1.20. The van der Waals surface area contributed by atoms with Crippen LogP contribution in [0.5, 0.6) is 5.75 Å². The van der Waals surface area contributed by atoms with Crippen molar-refractivity contribution in [3.63, 3.8) is 0 Å². The second-order valence-corrected chi connectivity index (χ2v) is 17.3. The molecular formula is C44H49ClF3N9O7. The number of carbonyl (C=O) groups excluding carboxylic acids is 4. The van der Waals surface area contributed by atoms with Crippen LogP contribution in [-0.2, 0) is 14.3 Å². The molecule has 20 heteroatoms. The second kappa shape index (κ2) is 19.1. The first-order valence-electron chi connectivity index (χ1n) is 20.5. The van der Waals surface area contributed by atoms with Gasteiger partial charge in [-0.25, -0.2) is 19.6 Å². The van der Waals surface area contributed by atoms with E-state index in [1.165, 1.54) is 30.3 Å². The molecule has 340 valence electrons. The Morgan fingerprint density at radius 1 is 0.984 bits per heavy atom. The maximum Gasteiger partial charge on any atom is 0.573 e. The van der Waals surface area contributed by atoms with Crippen molar-refractivity contribution in [3.8, 4) is 34.2 Å². The van der Waals surface area contributed by atoms with Crippen LogP contribution in [0.1, 0.15) is 70.2 Å². The first-order valence-corrected chi connectivity index (χ1v) is 20.8.